The topological polar surface area (TPSA) is 61.9 Å². The smallest absolute Gasteiger partial charge is 0.274 e. The maximum atomic E-state index is 13.7. The molecule has 2 aromatic heterocycles. The van der Waals surface area contributed by atoms with Gasteiger partial charge in [-0.25, -0.2) is 9.37 Å². The molecule has 32 heavy (non-hydrogen) atoms. The second-order valence-corrected chi connectivity index (χ2v) is 8.40. The highest BCUT2D eigenvalue weighted by Crippen LogP contribution is 2.25. The summed E-state index contributed by atoms with van der Waals surface area (Å²) in [7, 11) is 0. The fourth-order valence-electron chi connectivity index (χ4n) is 3.92. The molecule has 2 aromatic carbocycles. The zero-order valence-corrected chi connectivity index (χ0v) is 18.8. The van der Waals surface area contributed by atoms with E-state index < -0.39 is 0 Å². The summed E-state index contributed by atoms with van der Waals surface area (Å²) in [4.78, 5) is 27.4. The predicted octanol–water partition coefficient (Wildman–Crippen LogP) is 5.47. The number of hydrogen-bond acceptors (Lipinski definition) is 3. The van der Waals surface area contributed by atoms with Crippen molar-refractivity contribution < 1.29 is 9.18 Å². The first-order chi connectivity index (χ1) is 15.3. The minimum atomic E-state index is -0.271. The van der Waals surface area contributed by atoms with Crippen molar-refractivity contribution in [1.29, 1.82) is 0 Å². The summed E-state index contributed by atoms with van der Waals surface area (Å²) in [5, 5.41) is 0.844. The monoisotopic (exact) mass is 430 g/mol. The Balaban J connectivity index is 1.63. The minimum absolute atomic E-state index is 0.0287. The summed E-state index contributed by atoms with van der Waals surface area (Å²) in [6.07, 6.45) is 5.66. The van der Waals surface area contributed by atoms with Gasteiger partial charge in [0.05, 0.1) is 0 Å². The van der Waals surface area contributed by atoms with E-state index in [2.05, 4.69) is 21.9 Å². The van der Waals surface area contributed by atoms with Crippen molar-refractivity contribution >= 4 is 16.8 Å². The van der Waals surface area contributed by atoms with E-state index in [1.54, 1.807) is 23.4 Å². The predicted molar refractivity (Wildman–Crippen MR) is 125 cm³/mol. The highest BCUT2D eigenvalue weighted by Gasteiger charge is 2.24. The van der Waals surface area contributed by atoms with E-state index in [9.17, 15) is 9.18 Å². The Kier molecular flexibility index (Phi) is 6.04. The molecule has 2 heterocycles. The van der Waals surface area contributed by atoms with Crippen molar-refractivity contribution in [3.05, 3.63) is 83.2 Å². The van der Waals surface area contributed by atoms with Gasteiger partial charge in [0, 0.05) is 47.6 Å². The van der Waals surface area contributed by atoms with Crippen molar-refractivity contribution in [2.75, 3.05) is 6.54 Å². The molecule has 0 bridgehead atoms. The Labute approximate surface area is 187 Å². The lowest BCUT2D eigenvalue weighted by atomic mass is 10.0. The Morgan fingerprint density at radius 2 is 1.84 bits per heavy atom. The largest absolute Gasteiger partial charge is 0.361 e. The number of nitrogens with one attached hydrogen (secondary N) is 1. The number of benzene rings is 2. The average Bonchev–Trinajstić information content (AvgIpc) is 3.17. The molecule has 5 nitrogen and oxygen atoms in total. The number of aromatic amines is 1. The summed E-state index contributed by atoms with van der Waals surface area (Å²) in [5.41, 5.74) is 5.99. The van der Waals surface area contributed by atoms with Gasteiger partial charge in [0.25, 0.3) is 5.91 Å². The number of rotatable bonds is 6. The van der Waals surface area contributed by atoms with Crippen molar-refractivity contribution in [3.63, 3.8) is 0 Å². The molecule has 6 heteroatoms. The number of amides is 1. The first kappa shape index (κ1) is 21.7. The second-order valence-electron chi connectivity index (χ2n) is 8.40. The van der Waals surface area contributed by atoms with E-state index in [1.807, 2.05) is 45.2 Å². The van der Waals surface area contributed by atoms with Gasteiger partial charge < -0.3 is 9.88 Å². The Morgan fingerprint density at radius 1 is 1.06 bits per heavy atom. The Hall–Kier alpha value is -3.54. The summed E-state index contributed by atoms with van der Waals surface area (Å²) < 4.78 is 13.7. The molecule has 1 amide bonds. The number of aromatic nitrogens is 3. The van der Waals surface area contributed by atoms with Gasteiger partial charge in [-0.2, -0.15) is 0 Å². The molecule has 0 radical (unpaired) electrons. The fourth-order valence-corrected chi connectivity index (χ4v) is 3.92. The molecule has 0 fully saturated rings. The average molecular weight is 431 g/mol. The fraction of sp³-hybridized carbons (Fsp3) is 0.269. The van der Waals surface area contributed by atoms with Crippen molar-refractivity contribution in [1.82, 2.24) is 19.9 Å². The van der Waals surface area contributed by atoms with E-state index in [-0.39, 0.29) is 17.8 Å². The van der Waals surface area contributed by atoms with Crippen LogP contribution in [0, 0.1) is 19.7 Å². The molecule has 1 N–H and O–H groups in total. The normalized spacial score (nSPS) is 11.3. The number of carbonyl (C=O) groups excluding carboxylic acids is 1. The van der Waals surface area contributed by atoms with Gasteiger partial charge in [-0.1, -0.05) is 12.1 Å². The maximum absolute atomic E-state index is 13.7. The lowest BCUT2D eigenvalue weighted by Gasteiger charge is -2.27. The minimum Gasteiger partial charge on any atom is -0.361 e. The standard InChI is InChI=1S/C26H27FN4O/c1-16(2)31(12-9-20-15-30-23-8-7-21(27)14-22(20)23)26(32)25-24(28-10-11-29-25)19-6-5-17(3)18(4)13-19/h5-8,10-11,13-16,30H,9,12H2,1-4H3. The molecule has 0 aliphatic heterocycles. The van der Waals surface area contributed by atoms with Crippen LogP contribution in [0.25, 0.3) is 22.2 Å². The quantitative estimate of drug-likeness (QED) is 0.441. The van der Waals surface area contributed by atoms with E-state index in [0.717, 1.165) is 27.6 Å². The van der Waals surface area contributed by atoms with Crippen LogP contribution in [0.3, 0.4) is 0 Å². The molecule has 0 spiro atoms. The van der Waals surface area contributed by atoms with Gasteiger partial charge in [-0.3, -0.25) is 9.78 Å². The highest BCUT2D eigenvalue weighted by atomic mass is 19.1. The van der Waals surface area contributed by atoms with E-state index in [1.165, 1.54) is 17.7 Å². The molecule has 0 aliphatic carbocycles. The lowest BCUT2D eigenvalue weighted by Crippen LogP contribution is -2.39. The molecule has 0 saturated heterocycles. The van der Waals surface area contributed by atoms with Crippen LogP contribution in [-0.4, -0.2) is 38.3 Å². The number of nitrogens with zero attached hydrogens (tertiary/aromatic N) is 3. The van der Waals surface area contributed by atoms with Gasteiger partial charge in [0.15, 0.2) is 5.69 Å². The number of H-pyrrole nitrogens is 1. The van der Waals surface area contributed by atoms with Crippen LogP contribution in [0.4, 0.5) is 4.39 Å². The number of aryl methyl sites for hydroxylation is 2. The number of fused-ring (bicyclic) bond motifs is 1. The van der Waals surface area contributed by atoms with Crippen LogP contribution < -0.4 is 0 Å². The molecule has 0 saturated carbocycles. The SMILES string of the molecule is Cc1ccc(-c2nccnc2C(=O)N(CCc2c[nH]c3ccc(F)cc23)C(C)C)cc1C. The number of hydrogen-bond donors (Lipinski definition) is 1. The maximum Gasteiger partial charge on any atom is 0.274 e. The molecule has 4 aromatic rings. The van der Waals surface area contributed by atoms with Crippen molar-refractivity contribution in [3.8, 4) is 11.3 Å². The van der Waals surface area contributed by atoms with E-state index in [0.29, 0.717) is 24.4 Å². The summed E-state index contributed by atoms with van der Waals surface area (Å²) in [6.45, 7) is 8.56. The summed E-state index contributed by atoms with van der Waals surface area (Å²) in [5.74, 6) is -0.430. The highest BCUT2D eigenvalue weighted by molar-refractivity contribution is 5.98. The van der Waals surface area contributed by atoms with Crippen LogP contribution in [0.2, 0.25) is 0 Å². The molecule has 0 atom stereocenters. The van der Waals surface area contributed by atoms with Crippen molar-refractivity contribution in [2.24, 2.45) is 0 Å². The van der Waals surface area contributed by atoms with Crippen LogP contribution in [-0.2, 0) is 6.42 Å². The van der Waals surface area contributed by atoms with E-state index in [4.69, 9.17) is 0 Å². The molecule has 4 rings (SSSR count). The third kappa shape index (κ3) is 4.26. The zero-order chi connectivity index (χ0) is 22.8. The molecular formula is C26H27FN4O. The van der Waals surface area contributed by atoms with Gasteiger partial charge in [-0.15, -0.1) is 0 Å². The van der Waals surface area contributed by atoms with Crippen LogP contribution >= 0.6 is 0 Å². The lowest BCUT2D eigenvalue weighted by molar-refractivity contribution is 0.0702. The molecular weight excluding hydrogens is 403 g/mol. The van der Waals surface area contributed by atoms with E-state index >= 15 is 0 Å². The van der Waals surface area contributed by atoms with Crippen LogP contribution in [0.1, 0.15) is 41.0 Å². The summed E-state index contributed by atoms with van der Waals surface area (Å²) in [6, 6.07) is 10.7. The molecule has 164 valence electrons. The third-order valence-electron chi connectivity index (χ3n) is 5.92. The van der Waals surface area contributed by atoms with Crippen molar-refractivity contribution in [2.45, 2.75) is 40.2 Å². The molecule has 0 unspecified atom stereocenters. The summed E-state index contributed by atoms with van der Waals surface area (Å²) >= 11 is 0. The first-order valence-electron chi connectivity index (χ1n) is 10.8. The number of carbonyl (C=O) groups is 1. The number of halogens is 1. The first-order valence-corrected chi connectivity index (χ1v) is 10.8. The third-order valence-corrected chi connectivity index (χ3v) is 5.92. The van der Waals surface area contributed by atoms with Gasteiger partial charge in [0.2, 0.25) is 0 Å². The van der Waals surface area contributed by atoms with Gasteiger partial charge in [-0.05, 0) is 75.1 Å². The Bertz CT molecular complexity index is 1280. The van der Waals surface area contributed by atoms with Crippen LogP contribution in [0.5, 0.6) is 0 Å². The zero-order valence-electron chi connectivity index (χ0n) is 18.8. The van der Waals surface area contributed by atoms with Gasteiger partial charge in [0.1, 0.15) is 11.5 Å². The second kappa shape index (κ2) is 8.91. The van der Waals surface area contributed by atoms with Crippen LogP contribution in [0.15, 0.2) is 55.0 Å². The molecule has 0 aliphatic rings. The Morgan fingerprint density at radius 3 is 2.59 bits per heavy atom. The van der Waals surface area contributed by atoms with Gasteiger partial charge >= 0.3 is 0 Å².